The molecule has 1 heterocycles. The lowest BCUT2D eigenvalue weighted by atomic mass is 10.2. The largest absolute Gasteiger partial charge is 0.398 e. The molecule has 18 heavy (non-hydrogen) atoms. The van der Waals surface area contributed by atoms with Crippen LogP contribution in [-0.2, 0) is 4.74 Å². The molecule has 0 fully saturated rings. The second-order valence-electron chi connectivity index (χ2n) is 4.76. The van der Waals surface area contributed by atoms with E-state index in [0.717, 1.165) is 11.4 Å². The third-order valence-electron chi connectivity index (χ3n) is 2.61. The van der Waals surface area contributed by atoms with E-state index in [1.54, 1.807) is 13.2 Å². The second-order valence-corrected chi connectivity index (χ2v) is 6.02. The van der Waals surface area contributed by atoms with Gasteiger partial charge in [0.1, 0.15) is 0 Å². The zero-order valence-electron chi connectivity index (χ0n) is 11.5. The summed E-state index contributed by atoms with van der Waals surface area (Å²) in [6.07, 6.45) is 0. The average Bonchev–Trinajstić information content (AvgIpc) is 2.63. The van der Waals surface area contributed by atoms with Crippen LogP contribution in [0, 0.1) is 12.8 Å². The van der Waals surface area contributed by atoms with Gasteiger partial charge in [-0.3, -0.25) is 4.79 Å². The van der Waals surface area contributed by atoms with Crippen molar-refractivity contribution in [2.75, 3.05) is 32.5 Å². The van der Waals surface area contributed by atoms with Crippen molar-refractivity contribution in [1.82, 2.24) is 4.90 Å². The molecule has 1 amide bonds. The SMILES string of the molecule is COCCN(CC(C)C)C(=O)c1cc(N)c(C)s1. The Morgan fingerprint density at radius 3 is 2.67 bits per heavy atom. The van der Waals surface area contributed by atoms with Crippen molar-refractivity contribution in [3.05, 3.63) is 15.8 Å². The fourth-order valence-corrected chi connectivity index (χ4v) is 2.58. The molecule has 0 aliphatic heterocycles. The summed E-state index contributed by atoms with van der Waals surface area (Å²) in [5.41, 5.74) is 6.49. The second kappa shape index (κ2) is 6.75. The fourth-order valence-electron chi connectivity index (χ4n) is 1.68. The molecule has 0 saturated carbocycles. The Morgan fingerprint density at radius 1 is 1.56 bits per heavy atom. The summed E-state index contributed by atoms with van der Waals surface area (Å²) in [6.45, 7) is 8.03. The number of ether oxygens (including phenoxy) is 1. The first-order valence-corrected chi connectivity index (χ1v) is 6.91. The Morgan fingerprint density at radius 2 is 2.22 bits per heavy atom. The molecule has 1 rings (SSSR count). The first kappa shape index (κ1) is 15.0. The molecule has 4 nitrogen and oxygen atoms in total. The monoisotopic (exact) mass is 270 g/mol. The van der Waals surface area contributed by atoms with Crippen molar-refractivity contribution in [1.29, 1.82) is 0 Å². The molecule has 0 unspecified atom stereocenters. The highest BCUT2D eigenvalue weighted by molar-refractivity contribution is 7.14. The van der Waals surface area contributed by atoms with Crippen LogP contribution in [0.15, 0.2) is 6.07 Å². The molecule has 2 N–H and O–H groups in total. The summed E-state index contributed by atoms with van der Waals surface area (Å²) in [5, 5.41) is 0. The predicted octanol–water partition coefficient (Wildman–Crippen LogP) is 2.38. The van der Waals surface area contributed by atoms with E-state index in [0.29, 0.717) is 29.6 Å². The van der Waals surface area contributed by atoms with Gasteiger partial charge in [-0.2, -0.15) is 0 Å². The average molecular weight is 270 g/mol. The van der Waals surface area contributed by atoms with Crippen LogP contribution in [-0.4, -0.2) is 37.6 Å². The van der Waals surface area contributed by atoms with Crippen LogP contribution in [0.1, 0.15) is 28.4 Å². The normalized spacial score (nSPS) is 10.9. The third kappa shape index (κ3) is 3.99. The smallest absolute Gasteiger partial charge is 0.264 e. The summed E-state index contributed by atoms with van der Waals surface area (Å²) >= 11 is 1.45. The van der Waals surface area contributed by atoms with E-state index in [1.165, 1.54) is 11.3 Å². The maximum atomic E-state index is 12.4. The van der Waals surface area contributed by atoms with Crippen LogP contribution < -0.4 is 5.73 Å². The number of hydrogen-bond acceptors (Lipinski definition) is 4. The number of carbonyl (C=O) groups excluding carboxylic acids is 1. The lowest BCUT2D eigenvalue weighted by molar-refractivity contribution is 0.0677. The van der Waals surface area contributed by atoms with Crippen LogP contribution in [0.2, 0.25) is 0 Å². The molecule has 5 heteroatoms. The van der Waals surface area contributed by atoms with Gasteiger partial charge in [-0.1, -0.05) is 13.8 Å². The van der Waals surface area contributed by atoms with Crippen molar-refractivity contribution in [2.45, 2.75) is 20.8 Å². The minimum atomic E-state index is 0.0468. The number of carbonyl (C=O) groups is 1. The summed E-state index contributed by atoms with van der Waals surface area (Å²) in [5.74, 6) is 0.481. The number of aryl methyl sites for hydroxylation is 1. The molecule has 0 atom stereocenters. The predicted molar refractivity (Wildman–Crippen MR) is 76.1 cm³/mol. The van der Waals surface area contributed by atoms with Crippen molar-refractivity contribution in [2.24, 2.45) is 5.92 Å². The molecule has 102 valence electrons. The molecule has 0 aliphatic rings. The summed E-state index contributed by atoms with van der Waals surface area (Å²) < 4.78 is 5.05. The first-order chi connectivity index (χ1) is 8.45. The van der Waals surface area contributed by atoms with Gasteiger partial charge >= 0.3 is 0 Å². The lowest BCUT2D eigenvalue weighted by Crippen LogP contribution is -2.36. The number of nitrogens with zero attached hydrogens (tertiary/aromatic N) is 1. The molecular weight excluding hydrogens is 248 g/mol. The Bertz CT molecular complexity index is 382. The fraction of sp³-hybridized carbons (Fsp3) is 0.615. The van der Waals surface area contributed by atoms with Crippen molar-refractivity contribution in [3.8, 4) is 0 Å². The highest BCUT2D eigenvalue weighted by Gasteiger charge is 2.19. The maximum Gasteiger partial charge on any atom is 0.264 e. The molecule has 0 bridgehead atoms. The number of rotatable bonds is 6. The molecular formula is C13H22N2O2S. The van der Waals surface area contributed by atoms with Crippen LogP contribution in [0.5, 0.6) is 0 Å². The Labute approximate surface area is 113 Å². The van der Waals surface area contributed by atoms with Gasteiger partial charge in [0.2, 0.25) is 0 Å². The van der Waals surface area contributed by atoms with E-state index in [2.05, 4.69) is 13.8 Å². The Hall–Kier alpha value is -1.07. The third-order valence-corrected chi connectivity index (χ3v) is 3.66. The number of anilines is 1. The van der Waals surface area contributed by atoms with Gasteiger partial charge in [-0.05, 0) is 18.9 Å². The van der Waals surface area contributed by atoms with E-state index in [4.69, 9.17) is 10.5 Å². The lowest BCUT2D eigenvalue weighted by Gasteiger charge is -2.23. The summed E-state index contributed by atoms with van der Waals surface area (Å²) in [7, 11) is 1.64. The van der Waals surface area contributed by atoms with Gasteiger partial charge in [-0.25, -0.2) is 0 Å². The van der Waals surface area contributed by atoms with Gasteiger partial charge in [-0.15, -0.1) is 11.3 Å². The van der Waals surface area contributed by atoms with Crippen molar-refractivity contribution >= 4 is 22.9 Å². The molecule has 1 aromatic heterocycles. The van der Waals surface area contributed by atoms with Crippen LogP contribution in [0.25, 0.3) is 0 Å². The maximum absolute atomic E-state index is 12.4. The molecule has 1 aromatic rings. The van der Waals surface area contributed by atoms with E-state index in [1.807, 2.05) is 11.8 Å². The summed E-state index contributed by atoms with van der Waals surface area (Å²) in [4.78, 5) is 15.9. The minimum absolute atomic E-state index is 0.0468. The zero-order chi connectivity index (χ0) is 13.7. The minimum Gasteiger partial charge on any atom is -0.398 e. The standard InChI is InChI=1S/C13H22N2O2S/c1-9(2)8-15(5-6-17-4)13(16)12-7-11(14)10(3)18-12/h7,9H,5-6,8,14H2,1-4H3. The topological polar surface area (TPSA) is 55.6 Å². The number of nitrogens with two attached hydrogens (primary N) is 1. The van der Waals surface area contributed by atoms with Gasteiger partial charge < -0.3 is 15.4 Å². The molecule has 0 radical (unpaired) electrons. The van der Waals surface area contributed by atoms with Crippen molar-refractivity contribution < 1.29 is 9.53 Å². The Kier molecular flexibility index (Phi) is 5.62. The molecule has 0 spiro atoms. The molecule has 0 saturated heterocycles. The number of methoxy groups -OCH3 is 1. The molecule has 0 aliphatic carbocycles. The first-order valence-electron chi connectivity index (χ1n) is 6.09. The van der Waals surface area contributed by atoms with Gasteiger partial charge in [0.15, 0.2) is 0 Å². The molecule has 0 aromatic carbocycles. The van der Waals surface area contributed by atoms with E-state index < -0.39 is 0 Å². The quantitative estimate of drug-likeness (QED) is 0.863. The van der Waals surface area contributed by atoms with Crippen LogP contribution in [0.4, 0.5) is 5.69 Å². The van der Waals surface area contributed by atoms with Crippen LogP contribution in [0.3, 0.4) is 0 Å². The van der Waals surface area contributed by atoms with E-state index >= 15 is 0 Å². The van der Waals surface area contributed by atoms with Gasteiger partial charge in [0, 0.05) is 30.8 Å². The number of thiophene rings is 1. The van der Waals surface area contributed by atoms with Gasteiger partial charge in [0.05, 0.1) is 11.5 Å². The number of hydrogen-bond donors (Lipinski definition) is 1. The zero-order valence-corrected chi connectivity index (χ0v) is 12.3. The summed E-state index contributed by atoms with van der Waals surface area (Å²) in [6, 6.07) is 1.77. The number of amides is 1. The Balaban J connectivity index is 2.80. The van der Waals surface area contributed by atoms with Crippen molar-refractivity contribution in [3.63, 3.8) is 0 Å². The highest BCUT2D eigenvalue weighted by Crippen LogP contribution is 2.24. The van der Waals surface area contributed by atoms with E-state index in [-0.39, 0.29) is 5.91 Å². The number of nitrogen functional groups attached to an aromatic ring is 1. The van der Waals surface area contributed by atoms with Crippen LogP contribution >= 0.6 is 11.3 Å². The van der Waals surface area contributed by atoms with E-state index in [9.17, 15) is 4.79 Å². The van der Waals surface area contributed by atoms with Gasteiger partial charge in [0.25, 0.3) is 5.91 Å². The highest BCUT2D eigenvalue weighted by atomic mass is 32.1.